The maximum Gasteiger partial charge on any atom is 0.270 e. The van der Waals surface area contributed by atoms with Crippen molar-refractivity contribution in [1.82, 2.24) is 10.3 Å². The van der Waals surface area contributed by atoms with Gasteiger partial charge in [-0.05, 0) is 18.6 Å². The monoisotopic (exact) mass is 260 g/mol. The van der Waals surface area contributed by atoms with Gasteiger partial charge < -0.3 is 10.1 Å². The molecule has 1 aromatic heterocycles. The zero-order valence-corrected chi connectivity index (χ0v) is 10.2. The fourth-order valence-corrected chi connectivity index (χ4v) is 1.56. The molecule has 1 atom stereocenters. The van der Waals surface area contributed by atoms with Crippen molar-refractivity contribution in [2.75, 3.05) is 19.6 Å². The van der Waals surface area contributed by atoms with E-state index < -0.39 is 5.82 Å². The van der Waals surface area contributed by atoms with Gasteiger partial charge in [0.25, 0.3) is 5.91 Å². The van der Waals surface area contributed by atoms with E-state index in [1.165, 1.54) is 12.1 Å². The first-order chi connectivity index (χ1) is 8.17. The number of methoxy groups -OCH3 is 1. The normalized spacial score (nSPS) is 12.2. The molecule has 0 bridgehead atoms. The number of halogens is 2. The second-order valence-corrected chi connectivity index (χ2v) is 3.84. The summed E-state index contributed by atoms with van der Waals surface area (Å²) in [4.78, 5) is 15.4. The van der Waals surface area contributed by atoms with Crippen LogP contribution >= 0.6 is 11.6 Å². The van der Waals surface area contributed by atoms with Crippen LogP contribution in [0.25, 0.3) is 0 Å². The summed E-state index contributed by atoms with van der Waals surface area (Å²) in [5.74, 6) is -0.418. The number of aromatic nitrogens is 1. The first-order valence-corrected chi connectivity index (χ1v) is 5.68. The van der Waals surface area contributed by atoms with Gasteiger partial charge in [-0.2, -0.15) is 0 Å². The van der Waals surface area contributed by atoms with Gasteiger partial charge >= 0.3 is 0 Å². The van der Waals surface area contributed by atoms with Gasteiger partial charge in [0.1, 0.15) is 11.5 Å². The predicted octanol–water partition coefficient (Wildman–Crippen LogP) is 1.59. The van der Waals surface area contributed by atoms with Crippen LogP contribution < -0.4 is 5.32 Å². The van der Waals surface area contributed by atoms with E-state index in [4.69, 9.17) is 16.3 Å². The Kier molecular flexibility index (Phi) is 5.86. The van der Waals surface area contributed by atoms with Gasteiger partial charge in [-0.3, -0.25) is 4.79 Å². The number of carbonyl (C=O) groups is 1. The Morgan fingerprint density at radius 3 is 2.94 bits per heavy atom. The number of hydrogen-bond donors (Lipinski definition) is 1. The molecule has 4 nitrogen and oxygen atoms in total. The van der Waals surface area contributed by atoms with E-state index in [1.807, 2.05) is 0 Å². The highest BCUT2D eigenvalue weighted by Gasteiger charge is 2.14. The van der Waals surface area contributed by atoms with Crippen molar-refractivity contribution in [3.8, 4) is 0 Å². The van der Waals surface area contributed by atoms with Gasteiger partial charge in [-0.1, -0.05) is 0 Å². The summed E-state index contributed by atoms with van der Waals surface area (Å²) in [5.41, 5.74) is 0.169. The lowest BCUT2D eigenvalue weighted by atomic mass is 10.2. The molecule has 6 heteroatoms. The first-order valence-electron chi connectivity index (χ1n) is 5.14. The minimum absolute atomic E-state index is 0.169. The molecule has 1 N–H and O–H groups in total. The largest absolute Gasteiger partial charge is 0.383 e. The number of hydrogen-bond acceptors (Lipinski definition) is 3. The SMILES string of the molecule is COCC(CCCl)NC(=O)c1ccc(F)cn1. The van der Waals surface area contributed by atoms with Crippen molar-refractivity contribution < 1.29 is 13.9 Å². The molecule has 1 heterocycles. The third kappa shape index (κ3) is 4.66. The third-order valence-electron chi connectivity index (χ3n) is 2.12. The van der Waals surface area contributed by atoms with Crippen molar-refractivity contribution in [3.05, 3.63) is 29.8 Å². The van der Waals surface area contributed by atoms with Crippen LogP contribution in [0.15, 0.2) is 18.3 Å². The number of nitrogens with one attached hydrogen (secondary N) is 1. The molecule has 1 aromatic rings. The van der Waals surface area contributed by atoms with Crippen LogP contribution in [0.1, 0.15) is 16.9 Å². The summed E-state index contributed by atoms with van der Waals surface area (Å²) in [5, 5.41) is 2.72. The van der Waals surface area contributed by atoms with Crippen molar-refractivity contribution >= 4 is 17.5 Å². The van der Waals surface area contributed by atoms with Crippen LogP contribution in [0.5, 0.6) is 0 Å². The molecule has 0 aromatic carbocycles. The average molecular weight is 261 g/mol. The lowest BCUT2D eigenvalue weighted by Gasteiger charge is -2.16. The number of alkyl halides is 1. The second-order valence-electron chi connectivity index (χ2n) is 3.47. The van der Waals surface area contributed by atoms with E-state index in [0.29, 0.717) is 18.9 Å². The predicted molar refractivity (Wildman–Crippen MR) is 62.7 cm³/mol. The number of pyridine rings is 1. The summed E-state index contributed by atoms with van der Waals surface area (Å²) in [6.45, 7) is 0.375. The van der Waals surface area contributed by atoms with Gasteiger partial charge in [0.15, 0.2) is 0 Å². The van der Waals surface area contributed by atoms with E-state index in [-0.39, 0.29) is 17.6 Å². The highest BCUT2D eigenvalue weighted by Crippen LogP contribution is 2.01. The Labute approximate surface area is 104 Å². The lowest BCUT2D eigenvalue weighted by Crippen LogP contribution is -2.38. The molecule has 0 aliphatic carbocycles. The molecule has 0 aliphatic rings. The molecule has 1 rings (SSSR count). The molecule has 1 unspecified atom stereocenters. The van der Waals surface area contributed by atoms with E-state index in [2.05, 4.69) is 10.3 Å². The van der Waals surface area contributed by atoms with Crippen molar-refractivity contribution in [2.45, 2.75) is 12.5 Å². The zero-order chi connectivity index (χ0) is 12.7. The van der Waals surface area contributed by atoms with Crippen molar-refractivity contribution in [2.24, 2.45) is 0 Å². The lowest BCUT2D eigenvalue weighted by molar-refractivity contribution is 0.0890. The molecule has 1 amide bonds. The summed E-state index contributed by atoms with van der Waals surface area (Å²) < 4.78 is 17.6. The molecule has 0 saturated heterocycles. The van der Waals surface area contributed by atoms with Gasteiger partial charge in [0, 0.05) is 13.0 Å². The summed E-state index contributed by atoms with van der Waals surface area (Å²) in [6.07, 6.45) is 1.60. The fourth-order valence-electron chi connectivity index (χ4n) is 1.30. The summed E-state index contributed by atoms with van der Waals surface area (Å²) in [7, 11) is 1.55. The van der Waals surface area contributed by atoms with E-state index in [1.54, 1.807) is 7.11 Å². The molecule has 0 spiro atoms. The van der Waals surface area contributed by atoms with Crippen molar-refractivity contribution in [3.63, 3.8) is 0 Å². The quantitative estimate of drug-likeness (QED) is 0.791. The molecular formula is C11H14ClFN2O2. The van der Waals surface area contributed by atoms with E-state index in [9.17, 15) is 9.18 Å². The van der Waals surface area contributed by atoms with Gasteiger partial charge in [0.2, 0.25) is 0 Å². The first kappa shape index (κ1) is 13.9. The van der Waals surface area contributed by atoms with Gasteiger partial charge in [0.05, 0.1) is 18.8 Å². The number of carbonyl (C=O) groups excluding carboxylic acids is 1. The third-order valence-corrected chi connectivity index (χ3v) is 2.34. The zero-order valence-electron chi connectivity index (χ0n) is 9.45. The molecule has 17 heavy (non-hydrogen) atoms. The number of nitrogens with zero attached hydrogens (tertiary/aromatic N) is 1. The van der Waals surface area contributed by atoms with Crippen LogP contribution in [0.3, 0.4) is 0 Å². The Balaban J connectivity index is 2.60. The van der Waals surface area contributed by atoms with Crippen LogP contribution in [0.2, 0.25) is 0 Å². The molecule has 0 aliphatic heterocycles. The van der Waals surface area contributed by atoms with Crippen molar-refractivity contribution in [1.29, 1.82) is 0 Å². The molecular weight excluding hydrogens is 247 g/mol. The second kappa shape index (κ2) is 7.19. The fraction of sp³-hybridized carbons (Fsp3) is 0.455. The van der Waals surface area contributed by atoms with Crippen LogP contribution in [0, 0.1) is 5.82 Å². The topological polar surface area (TPSA) is 51.2 Å². The van der Waals surface area contributed by atoms with Crippen LogP contribution in [0.4, 0.5) is 4.39 Å². The minimum atomic E-state index is -0.476. The molecule has 94 valence electrons. The molecule has 0 fully saturated rings. The highest BCUT2D eigenvalue weighted by atomic mass is 35.5. The highest BCUT2D eigenvalue weighted by molar-refractivity contribution is 6.17. The number of ether oxygens (including phenoxy) is 1. The average Bonchev–Trinajstić information content (AvgIpc) is 2.30. The Hall–Kier alpha value is -1.20. The van der Waals surface area contributed by atoms with E-state index in [0.717, 1.165) is 6.20 Å². The standard InChI is InChI=1S/C11H14ClFN2O2/c1-17-7-9(4-5-12)15-11(16)10-3-2-8(13)6-14-10/h2-3,6,9H,4-5,7H2,1H3,(H,15,16). The number of rotatable bonds is 6. The molecule has 0 radical (unpaired) electrons. The maximum atomic E-state index is 12.6. The van der Waals surface area contributed by atoms with Crippen LogP contribution in [-0.4, -0.2) is 36.5 Å². The number of amides is 1. The minimum Gasteiger partial charge on any atom is -0.383 e. The summed E-state index contributed by atoms with van der Waals surface area (Å²) >= 11 is 5.61. The Bertz CT molecular complexity index is 353. The molecule has 0 saturated carbocycles. The van der Waals surface area contributed by atoms with Crippen LogP contribution in [-0.2, 0) is 4.74 Å². The van der Waals surface area contributed by atoms with Gasteiger partial charge in [-0.15, -0.1) is 11.6 Å². The smallest absolute Gasteiger partial charge is 0.270 e. The Morgan fingerprint density at radius 1 is 1.65 bits per heavy atom. The summed E-state index contributed by atoms with van der Waals surface area (Å²) in [6, 6.07) is 2.35. The maximum absolute atomic E-state index is 12.6. The Morgan fingerprint density at radius 2 is 2.41 bits per heavy atom. The van der Waals surface area contributed by atoms with Gasteiger partial charge in [-0.25, -0.2) is 9.37 Å². The van der Waals surface area contributed by atoms with E-state index >= 15 is 0 Å².